The Bertz CT molecular complexity index is 898. The number of carboxylic acids is 1. The zero-order chi connectivity index (χ0) is 26.3. The van der Waals surface area contributed by atoms with Gasteiger partial charge in [-0.1, -0.05) is 13.8 Å². The quantitative estimate of drug-likeness (QED) is 0.0888. The fourth-order valence-corrected chi connectivity index (χ4v) is 5.94. The third-order valence-electron chi connectivity index (χ3n) is 6.74. The van der Waals surface area contributed by atoms with Gasteiger partial charge in [0.25, 0.3) is 0 Å². The Labute approximate surface area is 204 Å². The molecule has 12 atom stereocenters. The van der Waals surface area contributed by atoms with Crippen LogP contribution in [0.4, 0.5) is 0 Å². The molecule has 0 spiro atoms. The van der Waals surface area contributed by atoms with E-state index in [0.717, 1.165) is 0 Å². The van der Waals surface area contributed by atoms with Crippen molar-refractivity contribution in [3.8, 4) is 0 Å². The van der Waals surface area contributed by atoms with Gasteiger partial charge in [0.1, 0.15) is 23.6 Å². The molecule has 0 radical (unpaired) electrons. The van der Waals surface area contributed by atoms with E-state index in [2.05, 4.69) is 8.52 Å². The van der Waals surface area contributed by atoms with Crippen LogP contribution >= 0.6 is 0 Å². The Kier molecular flexibility index (Phi) is 8.93. The molecule has 6 unspecified atom stereocenters. The number of carbonyl (C=O) groups is 1. The van der Waals surface area contributed by atoms with Crippen molar-refractivity contribution in [3.63, 3.8) is 0 Å². The average molecular weight is 548 g/mol. The van der Waals surface area contributed by atoms with E-state index in [0.29, 0.717) is 0 Å². The van der Waals surface area contributed by atoms with Gasteiger partial charge in [0.05, 0.1) is 17.7 Å². The summed E-state index contributed by atoms with van der Waals surface area (Å²) in [5.74, 6) is -3.06. The molecule has 0 aromatic rings. The number of hydrogen-bond acceptors (Lipinski definition) is 15. The van der Waals surface area contributed by atoms with Gasteiger partial charge in [-0.2, -0.15) is 0 Å². The van der Waals surface area contributed by atoms with Crippen LogP contribution in [0.1, 0.15) is 27.2 Å². The molecule has 0 aromatic heterocycles. The molecule has 0 aromatic carbocycles. The first kappa shape index (κ1) is 28.7. The van der Waals surface area contributed by atoms with E-state index < -0.39 is 88.3 Å². The molecule has 0 amide bonds. The third-order valence-corrected chi connectivity index (χ3v) is 7.39. The molecule has 3 aliphatic rings. The molecule has 15 nitrogen and oxygen atoms in total. The number of carboxylic acid groups (broad SMARTS) is 1. The highest BCUT2D eigenvalue weighted by Crippen LogP contribution is 2.63. The van der Waals surface area contributed by atoms with Crippen LogP contribution in [0, 0.1) is 17.8 Å². The van der Waals surface area contributed by atoms with E-state index >= 15 is 0 Å². The number of carbonyl (C=O) groups excluding carboxylic acids is 1. The molecule has 3 rings (SSSR count). The molecule has 0 bridgehead atoms. The lowest BCUT2D eigenvalue weighted by Gasteiger charge is -2.45. The SMILES string of the molecule is CCC1O[C@@H](OC2(C)[C@@H]3C(C(=O)[O-])O[C@H](OC)C(C)[C@H]32)C(OS(=O)(=O)[O-])[C@@H](OOS(=O)[O-])[C@@H]1OC. The maximum atomic E-state index is 11.7. The Morgan fingerprint density at radius 2 is 1.74 bits per heavy atom. The first-order chi connectivity index (χ1) is 16.3. The first-order valence-electron chi connectivity index (χ1n) is 10.6. The standard InChI is InChI=1S/C18H30O15S2/c1-6-8-11(26-4)13(31-33-34(21)22)14(32-35(23,24)25)17(28-8)30-18(3)9-7(2)16(27-5)29-12(10(9)18)15(19)20/h7-14,16-17H,6H2,1-5H3,(H,19,20)(H,21,22)(H,23,24,25)/p-3/t7?,8?,9-,10+,11-,12?,13+,14?,16+,17+,18?/m1/s1. The summed E-state index contributed by atoms with van der Waals surface area (Å²) in [5, 5.41) is 11.7. The minimum absolute atomic E-state index is 0.256. The zero-order valence-electron chi connectivity index (χ0n) is 19.4. The summed E-state index contributed by atoms with van der Waals surface area (Å²) in [6, 6.07) is 0. The molecule has 0 N–H and O–H groups in total. The molecule has 1 saturated carbocycles. The first-order valence-corrected chi connectivity index (χ1v) is 12.9. The van der Waals surface area contributed by atoms with Crippen molar-refractivity contribution in [2.75, 3.05) is 14.2 Å². The second-order valence-electron chi connectivity index (χ2n) is 8.65. The van der Waals surface area contributed by atoms with Crippen molar-refractivity contribution >= 4 is 27.7 Å². The molecule has 2 saturated heterocycles. The smallest absolute Gasteiger partial charge is 0.218 e. The van der Waals surface area contributed by atoms with Crippen molar-refractivity contribution in [1.82, 2.24) is 0 Å². The zero-order valence-corrected chi connectivity index (χ0v) is 21.1. The van der Waals surface area contributed by atoms with Crippen LogP contribution in [0.15, 0.2) is 0 Å². The van der Waals surface area contributed by atoms with Gasteiger partial charge in [0.15, 0.2) is 24.8 Å². The number of rotatable bonds is 11. The molecule has 35 heavy (non-hydrogen) atoms. The monoisotopic (exact) mass is 547 g/mol. The Morgan fingerprint density at radius 3 is 2.23 bits per heavy atom. The van der Waals surface area contributed by atoms with Gasteiger partial charge in [-0.05, 0) is 13.3 Å². The van der Waals surface area contributed by atoms with Gasteiger partial charge >= 0.3 is 0 Å². The lowest BCUT2D eigenvalue weighted by atomic mass is 9.96. The topological polar surface area (TPSA) is 211 Å². The molecule has 2 aliphatic heterocycles. The van der Waals surface area contributed by atoms with E-state index in [1.165, 1.54) is 14.2 Å². The second-order valence-corrected chi connectivity index (χ2v) is 10.2. The number of methoxy groups -OCH3 is 2. The molecule has 3 fully saturated rings. The molecule has 204 valence electrons. The summed E-state index contributed by atoms with van der Waals surface area (Å²) in [5.41, 5.74) is -1.28. The molecule has 1 aliphatic carbocycles. The van der Waals surface area contributed by atoms with Crippen molar-refractivity contribution in [1.29, 1.82) is 0 Å². The van der Waals surface area contributed by atoms with Gasteiger partial charge in [-0.25, -0.2) is 17.5 Å². The van der Waals surface area contributed by atoms with E-state index in [-0.39, 0.29) is 12.3 Å². The normalized spacial score (nSPS) is 44.4. The molecular weight excluding hydrogens is 520 g/mol. The Balaban J connectivity index is 1.95. The van der Waals surface area contributed by atoms with E-state index in [1.807, 2.05) is 0 Å². The Morgan fingerprint density at radius 1 is 1.09 bits per heavy atom. The van der Waals surface area contributed by atoms with Crippen LogP contribution in [0.2, 0.25) is 0 Å². The van der Waals surface area contributed by atoms with Gasteiger partial charge in [0, 0.05) is 32.0 Å². The van der Waals surface area contributed by atoms with Crippen molar-refractivity contribution in [3.05, 3.63) is 0 Å². The fraction of sp³-hybridized carbons (Fsp3) is 0.944. The maximum Gasteiger partial charge on any atom is 0.218 e. The van der Waals surface area contributed by atoms with Crippen molar-refractivity contribution in [2.24, 2.45) is 17.8 Å². The van der Waals surface area contributed by atoms with Crippen molar-refractivity contribution in [2.45, 2.75) is 75.9 Å². The summed E-state index contributed by atoms with van der Waals surface area (Å²) in [6.45, 7) is 5.00. The number of aliphatic carboxylic acids is 1. The second kappa shape index (κ2) is 10.9. The summed E-state index contributed by atoms with van der Waals surface area (Å²) in [4.78, 5) is 16.6. The summed E-state index contributed by atoms with van der Waals surface area (Å²) >= 11 is -3.17. The van der Waals surface area contributed by atoms with Crippen LogP contribution in [0.5, 0.6) is 0 Å². The molecular formula is C18H27O15S2-3. The van der Waals surface area contributed by atoms with Crippen LogP contribution in [-0.2, 0) is 63.6 Å². The van der Waals surface area contributed by atoms with Gasteiger partial charge in [-0.3, -0.25) is 4.18 Å². The minimum Gasteiger partial charge on any atom is -0.748 e. The maximum absolute atomic E-state index is 11.7. The van der Waals surface area contributed by atoms with Gasteiger partial charge in [-0.15, -0.1) is 4.33 Å². The van der Waals surface area contributed by atoms with Crippen LogP contribution in [0.3, 0.4) is 0 Å². The number of fused-ring (bicyclic) bond motifs is 1. The predicted octanol–water partition coefficient (Wildman–Crippen LogP) is -2.13. The van der Waals surface area contributed by atoms with E-state index in [4.69, 9.17) is 28.6 Å². The number of hydrogen-bond donors (Lipinski definition) is 0. The minimum atomic E-state index is -5.40. The fourth-order valence-electron chi connectivity index (χ4n) is 5.31. The third kappa shape index (κ3) is 5.86. The van der Waals surface area contributed by atoms with Crippen molar-refractivity contribution < 1.29 is 68.7 Å². The van der Waals surface area contributed by atoms with Crippen LogP contribution in [0.25, 0.3) is 0 Å². The van der Waals surface area contributed by atoms with E-state index in [9.17, 15) is 31.6 Å². The highest BCUT2D eigenvalue weighted by atomic mass is 32.3. The number of ether oxygens (including phenoxy) is 5. The van der Waals surface area contributed by atoms with Crippen LogP contribution in [-0.4, -0.2) is 90.6 Å². The van der Waals surface area contributed by atoms with E-state index in [1.54, 1.807) is 20.8 Å². The average Bonchev–Trinajstić information content (AvgIpc) is 3.37. The van der Waals surface area contributed by atoms with Crippen LogP contribution < -0.4 is 5.11 Å². The highest BCUT2D eigenvalue weighted by Gasteiger charge is 2.73. The largest absolute Gasteiger partial charge is 0.748 e. The predicted molar refractivity (Wildman–Crippen MR) is 106 cm³/mol. The summed E-state index contributed by atoms with van der Waals surface area (Å²) < 4.78 is 93.1. The van der Waals surface area contributed by atoms with Gasteiger partial charge in [0.2, 0.25) is 10.4 Å². The summed E-state index contributed by atoms with van der Waals surface area (Å²) in [6.07, 6.45) is -9.18. The molecule has 17 heteroatoms. The lowest BCUT2D eigenvalue weighted by molar-refractivity contribution is -0.365. The Hall–Kier alpha value is -0.830. The molecule has 2 heterocycles. The lowest BCUT2D eigenvalue weighted by Crippen LogP contribution is -2.61. The summed E-state index contributed by atoms with van der Waals surface area (Å²) in [7, 11) is -2.83. The highest BCUT2D eigenvalue weighted by molar-refractivity contribution is 7.80. The van der Waals surface area contributed by atoms with Gasteiger partial charge < -0.3 is 42.7 Å².